The molecule has 2 aromatic rings. The third kappa shape index (κ3) is 3.37. The quantitative estimate of drug-likeness (QED) is 0.874. The zero-order chi connectivity index (χ0) is 13.7. The van der Waals surface area contributed by atoms with Crippen molar-refractivity contribution in [1.82, 2.24) is 14.9 Å². The molecule has 102 valence electrons. The third-order valence-corrected chi connectivity index (χ3v) is 3.40. The van der Waals surface area contributed by atoms with Gasteiger partial charge in [-0.15, -0.1) is 0 Å². The molecule has 0 saturated carbocycles. The molecule has 1 N–H and O–H groups in total. The molecule has 0 bridgehead atoms. The summed E-state index contributed by atoms with van der Waals surface area (Å²) in [7, 11) is 0. The first-order valence-corrected chi connectivity index (χ1v) is 7.14. The standard InChI is InChI=1S/C15H20ClN3/c1-3-9-17-14(12-5-7-13(16)8-6-12)15-18-10-11-19(15)4-2/h5-8,10-11,14,17H,3-4,9H2,1-2H3. The fourth-order valence-electron chi connectivity index (χ4n) is 2.15. The maximum Gasteiger partial charge on any atom is 0.130 e. The molecule has 19 heavy (non-hydrogen) atoms. The van der Waals surface area contributed by atoms with Gasteiger partial charge in [0.2, 0.25) is 0 Å². The van der Waals surface area contributed by atoms with Crippen LogP contribution in [0.15, 0.2) is 36.7 Å². The van der Waals surface area contributed by atoms with E-state index in [1.54, 1.807) is 0 Å². The van der Waals surface area contributed by atoms with E-state index in [9.17, 15) is 0 Å². The molecule has 0 aliphatic heterocycles. The van der Waals surface area contributed by atoms with E-state index in [0.717, 1.165) is 30.4 Å². The molecule has 1 atom stereocenters. The number of halogens is 1. The van der Waals surface area contributed by atoms with Gasteiger partial charge in [-0.3, -0.25) is 0 Å². The summed E-state index contributed by atoms with van der Waals surface area (Å²) in [4.78, 5) is 4.51. The Bertz CT molecular complexity index is 504. The average Bonchev–Trinajstić information content (AvgIpc) is 2.89. The molecule has 1 aromatic carbocycles. The maximum atomic E-state index is 5.96. The molecule has 1 aromatic heterocycles. The van der Waals surface area contributed by atoms with Crippen LogP contribution >= 0.6 is 11.6 Å². The molecule has 1 unspecified atom stereocenters. The van der Waals surface area contributed by atoms with Crippen LogP contribution in [-0.4, -0.2) is 16.1 Å². The van der Waals surface area contributed by atoms with E-state index in [1.807, 2.05) is 24.5 Å². The topological polar surface area (TPSA) is 29.9 Å². The Balaban J connectivity index is 2.32. The number of benzene rings is 1. The van der Waals surface area contributed by atoms with Crippen molar-refractivity contribution >= 4 is 11.6 Å². The third-order valence-electron chi connectivity index (χ3n) is 3.15. The lowest BCUT2D eigenvalue weighted by Gasteiger charge is -2.19. The Morgan fingerprint density at radius 2 is 2.00 bits per heavy atom. The van der Waals surface area contributed by atoms with Gasteiger partial charge in [-0.2, -0.15) is 0 Å². The van der Waals surface area contributed by atoms with Gasteiger partial charge < -0.3 is 9.88 Å². The van der Waals surface area contributed by atoms with Gasteiger partial charge in [-0.25, -0.2) is 4.98 Å². The predicted octanol–water partition coefficient (Wildman–Crippen LogP) is 3.65. The highest BCUT2D eigenvalue weighted by Gasteiger charge is 2.17. The van der Waals surface area contributed by atoms with Gasteiger partial charge in [0.1, 0.15) is 5.82 Å². The maximum absolute atomic E-state index is 5.96. The van der Waals surface area contributed by atoms with Crippen LogP contribution in [0.3, 0.4) is 0 Å². The predicted molar refractivity (Wildman–Crippen MR) is 79.5 cm³/mol. The Hall–Kier alpha value is -1.32. The van der Waals surface area contributed by atoms with Crippen LogP contribution in [-0.2, 0) is 6.54 Å². The molecular weight excluding hydrogens is 258 g/mol. The van der Waals surface area contributed by atoms with Crippen molar-refractivity contribution in [2.45, 2.75) is 32.9 Å². The van der Waals surface area contributed by atoms with E-state index in [4.69, 9.17) is 11.6 Å². The van der Waals surface area contributed by atoms with Gasteiger partial charge in [0.05, 0.1) is 6.04 Å². The van der Waals surface area contributed by atoms with Crippen molar-refractivity contribution in [2.24, 2.45) is 0 Å². The van der Waals surface area contributed by atoms with Gasteiger partial charge in [-0.1, -0.05) is 30.7 Å². The second-order valence-electron chi connectivity index (χ2n) is 4.51. The molecule has 0 radical (unpaired) electrons. The molecule has 0 saturated heterocycles. The van der Waals surface area contributed by atoms with E-state index < -0.39 is 0 Å². The second kappa shape index (κ2) is 6.73. The molecule has 4 heteroatoms. The first-order chi connectivity index (χ1) is 9.26. The second-order valence-corrected chi connectivity index (χ2v) is 4.95. The molecule has 0 aliphatic carbocycles. The average molecular weight is 278 g/mol. The van der Waals surface area contributed by atoms with Crippen molar-refractivity contribution in [3.05, 3.63) is 53.1 Å². The monoisotopic (exact) mass is 277 g/mol. The van der Waals surface area contributed by atoms with Crippen molar-refractivity contribution in [2.75, 3.05) is 6.54 Å². The van der Waals surface area contributed by atoms with Crippen LogP contribution in [0.5, 0.6) is 0 Å². The largest absolute Gasteiger partial charge is 0.334 e. The zero-order valence-corrected chi connectivity index (χ0v) is 12.2. The highest BCUT2D eigenvalue weighted by molar-refractivity contribution is 6.30. The normalized spacial score (nSPS) is 12.6. The van der Waals surface area contributed by atoms with Crippen LogP contribution in [0.2, 0.25) is 5.02 Å². The highest BCUT2D eigenvalue weighted by atomic mass is 35.5. The van der Waals surface area contributed by atoms with E-state index in [2.05, 4.69) is 40.8 Å². The fourth-order valence-corrected chi connectivity index (χ4v) is 2.28. The Labute approximate surface area is 119 Å². The summed E-state index contributed by atoms with van der Waals surface area (Å²) in [6.45, 7) is 6.18. The smallest absolute Gasteiger partial charge is 0.130 e. The molecule has 3 nitrogen and oxygen atoms in total. The fraction of sp³-hybridized carbons (Fsp3) is 0.400. The molecule has 2 rings (SSSR count). The van der Waals surface area contributed by atoms with Crippen LogP contribution < -0.4 is 5.32 Å². The molecule has 0 spiro atoms. The van der Waals surface area contributed by atoms with Crippen molar-refractivity contribution < 1.29 is 0 Å². The van der Waals surface area contributed by atoms with Crippen LogP contribution in [0.1, 0.15) is 37.7 Å². The summed E-state index contributed by atoms with van der Waals surface area (Å²) in [6.07, 6.45) is 4.97. The molecule has 1 heterocycles. The summed E-state index contributed by atoms with van der Waals surface area (Å²) in [5.41, 5.74) is 1.19. The van der Waals surface area contributed by atoms with Crippen LogP contribution in [0, 0.1) is 0 Å². The van der Waals surface area contributed by atoms with Crippen LogP contribution in [0.25, 0.3) is 0 Å². The minimum Gasteiger partial charge on any atom is -0.334 e. The van der Waals surface area contributed by atoms with Crippen molar-refractivity contribution in [1.29, 1.82) is 0 Å². The molecule has 0 aliphatic rings. The number of aromatic nitrogens is 2. The van der Waals surface area contributed by atoms with Crippen LogP contribution in [0.4, 0.5) is 0 Å². The number of aryl methyl sites for hydroxylation is 1. The minimum atomic E-state index is 0.118. The number of imidazole rings is 1. The first-order valence-electron chi connectivity index (χ1n) is 6.76. The molecular formula is C15H20ClN3. The first kappa shape index (κ1) is 14.1. The SMILES string of the molecule is CCCNC(c1ccc(Cl)cc1)c1nccn1CC. The van der Waals surface area contributed by atoms with E-state index in [0.29, 0.717) is 0 Å². The summed E-state index contributed by atoms with van der Waals surface area (Å²) in [5.74, 6) is 1.05. The number of rotatable bonds is 6. The number of nitrogens with zero attached hydrogens (tertiary/aromatic N) is 2. The van der Waals surface area contributed by atoms with E-state index >= 15 is 0 Å². The van der Waals surface area contributed by atoms with Gasteiger partial charge in [0.25, 0.3) is 0 Å². The number of nitrogens with one attached hydrogen (secondary N) is 1. The number of hydrogen-bond acceptors (Lipinski definition) is 2. The summed E-state index contributed by atoms with van der Waals surface area (Å²) < 4.78 is 2.17. The molecule has 0 fully saturated rings. The summed E-state index contributed by atoms with van der Waals surface area (Å²) in [6, 6.07) is 8.09. The van der Waals surface area contributed by atoms with Gasteiger partial charge >= 0.3 is 0 Å². The number of hydrogen-bond donors (Lipinski definition) is 1. The lowest BCUT2D eigenvalue weighted by Crippen LogP contribution is -2.26. The van der Waals surface area contributed by atoms with Gasteiger partial charge in [0, 0.05) is 24.0 Å². The van der Waals surface area contributed by atoms with Gasteiger partial charge in [0.15, 0.2) is 0 Å². The van der Waals surface area contributed by atoms with E-state index in [1.165, 1.54) is 5.56 Å². The Kier molecular flexibility index (Phi) is 5.00. The van der Waals surface area contributed by atoms with Crippen molar-refractivity contribution in [3.8, 4) is 0 Å². The molecule has 0 amide bonds. The van der Waals surface area contributed by atoms with Crippen molar-refractivity contribution in [3.63, 3.8) is 0 Å². The lowest BCUT2D eigenvalue weighted by atomic mass is 10.1. The van der Waals surface area contributed by atoms with Gasteiger partial charge in [-0.05, 0) is 37.6 Å². The summed E-state index contributed by atoms with van der Waals surface area (Å²) >= 11 is 5.96. The van der Waals surface area contributed by atoms with E-state index in [-0.39, 0.29) is 6.04 Å². The highest BCUT2D eigenvalue weighted by Crippen LogP contribution is 2.22. The lowest BCUT2D eigenvalue weighted by molar-refractivity contribution is 0.541. The minimum absolute atomic E-state index is 0.118. The Morgan fingerprint density at radius 1 is 1.26 bits per heavy atom. The Morgan fingerprint density at radius 3 is 2.63 bits per heavy atom. The zero-order valence-electron chi connectivity index (χ0n) is 11.4. The summed E-state index contributed by atoms with van der Waals surface area (Å²) in [5, 5.41) is 4.32.